The number of aromatic nitrogens is 1. The molecular formula is C17H20BrNO. The van der Waals surface area contributed by atoms with Gasteiger partial charge in [0.15, 0.2) is 5.88 Å². The second-order valence-corrected chi connectivity index (χ2v) is 5.28. The van der Waals surface area contributed by atoms with Gasteiger partial charge in [-0.25, -0.2) is 0 Å². The van der Waals surface area contributed by atoms with Crippen LogP contribution in [0.15, 0.2) is 36.4 Å². The largest absolute Gasteiger partial charge is 0.494 e. The van der Waals surface area contributed by atoms with Crippen LogP contribution in [0.4, 0.5) is 0 Å². The van der Waals surface area contributed by atoms with Crippen LogP contribution in [0.25, 0.3) is 16.7 Å². The Balaban J connectivity index is 2.43. The molecule has 106 valence electrons. The smallest absolute Gasteiger partial charge is 0.196 e. The van der Waals surface area contributed by atoms with E-state index in [1.807, 2.05) is 46.0 Å². The number of halogens is 1. The van der Waals surface area contributed by atoms with Gasteiger partial charge in [-0.05, 0) is 25.0 Å². The average Bonchev–Trinajstić information content (AvgIpc) is 2.80. The molecule has 1 aromatic carbocycles. The van der Waals surface area contributed by atoms with Crippen LogP contribution < -0.4 is 10.6 Å². The van der Waals surface area contributed by atoms with E-state index in [1.54, 1.807) is 0 Å². The fourth-order valence-corrected chi connectivity index (χ4v) is 2.77. The molecule has 0 aliphatic heterocycles. The van der Waals surface area contributed by atoms with Crippen molar-refractivity contribution in [1.29, 1.82) is 0 Å². The van der Waals surface area contributed by atoms with Crippen LogP contribution in [0.3, 0.4) is 0 Å². The number of unbranched alkanes of at least 4 members (excludes halogenated alkanes) is 3. The van der Waals surface area contributed by atoms with E-state index in [1.165, 1.54) is 19.3 Å². The van der Waals surface area contributed by atoms with Crippen LogP contribution in [-0.2, 0) is 0 Å². The Hall–Kier alpha value is -1.48. The Morgan fingerprint density at radius 3 is 2.60 bits per heavy atom. The molecule has 2 rings (SSSR count). The van der Waals surface area contributed by atoms with Crippen LogP contribution in [-0.4, -0.2) is 9.67 Å². The third kappa shape index (κ3) is 3.34. The molecule has 2 nitrogen and oxygen atoms in total. The maximum absolute atomic E-state index is 10.2. The van der Waals surface area contributed by atoms with Crippen molar-refractivity contribution in [1.82, 2.24) is 4.57 Å². The van der Waals surface area contributed by atoms with Gasteiger partial charge in [-0.1, -0.05) is 60.0 Å². The molecular weight excluding hydrogens is 314 g/mol. The predicted molar refractivity (Wildman–Crippen MR) is 88.7 cm³/mol. The van der Waals surface area contributed by atoms with Gasteiger partial charge in [0.1, 0.15) is 0 Å². The summed E-state index contributed by atoms with van der Waals surface area (Å²) >= 11 is 3.42. The Kier molecular flexibility index (Phi) is 5.48. The van der Waals surface area contributed by atoms with Gasteiger partial charge < -0.3 is 5.11 Å². The lowest BCUT2D eigenvalue weighted by atomic mass is 10.2. The fourth-order valence-electron chi connectivity index (χ4n) is 2.31. The maximum Gasteiger partial charge on any atom is 0.196 e. The van der Waals surface area contributed by atoms with E-state index in [4.69, 9.17) is 0 Å². The number of benzene rings is 1. The number of aromatic hydroxyl groups is 1. The van der Waals surface area contributed by atoms with Gasteiger partial charge in [0.25, 0.3) is 0 Å². The van der Waals surface area contributed by atoms with Crippen molar-refractivity contribution >= 4 is 27.0 Å². The van der Waals surface area contributed by atoms with E-state index in [9.17, 15) is 5.11 Å². The zero-order valence-electron chi connectivity index (χ0n) is 11.7. The van der Waals surface area contributed by atoms with Crippen molar-refractivity contribution in [2.45, 2.75) is 32.6 Å². The van der Waals surface area contributed by atoms with Crippen LogP contribution in [0.2, 0.25) is 0 Å². The number of hydrogen-bond acceptors (Lipinski definition) is 1. The topological polar surface area (TPSA) is 25.2 Å². The standard InChI is InChI=1S/C17H20BrNO/c1-2-3-4-6-9-14-12-17(20)19(16(14)13-18)15-10-7-5-8-11-15/h5,7-13,20H,2-4,6H2,1H3. The first-order valence-electron chi connectivity index (χ1n) is 7.04. The first-order valence-corrected chi connectivity index (χ1v) is 7.96. The van der Waals surface area contributed by atoms with E-state index in [2.05, 4.69) is 28.9 Å². The van der Waals surface area contributed by atoms with E-state index in [0.29, 0.717) is 0 Å². The monoisotopic (exact) mass is 333 g/mol. The molecule has 0 aliphatic rings. The van der Waals surface area contributed by atoms with Crippen molar-refractivity contribution < 1.29 is 5.11 Å². The number of rotatable bonds is 5. The Morgan fingerprint density at radius 2 is 1.95 bits per heavy atom. The van der Waals surface area contributed by atoms with Gasteiger partial charge >= 0.3 is 0 Å². The minimum absolute atomic E-state index is 0.267. The molecule has 1 aromatic heterocycles. The lowest BCUT2D eigenvalue weighted by Gasteiger charge is -2.04. The summed E-state index contributed by atoms with van der Waals surface area (Å²) in [4.78, 5) is 1.87. The van der Waals surface area contributed by atoms with Crippen LogP contribution in [0.5, 0.6) is 5.88 Å². The minimum atomic E-state index is 0.267. The number of nitrogens with zero attached hydrogens (tertiary/aromatic N) is 1. The maximum atomic E-state index is 10.2. The molecule has 2 aromatic rings. The highest BCUT2D eigenvalue weighted by Crippen LogP contribution is 2.12. The molecule has 0 radical (unpaired) electrons. The second kappa shape index (κ2) is 7.34. The molecule has 20 heavy (non-hydrogen) atoms. The summed E-state index contributed by atoms with van der Waals surface area (Å²) in [6.07, 6.45) is 6.90. The first-order chi connectivity index (χ1) is 9.77. The summed E-state index contributed by atoms with van der Waals surface area (Å²) in [5.74, 6) is 0.267. The van der Waals surface area contributed by atoms with Gasteiger partial charge in [-0.2, -0.15) is 0 Å². The highest BCUT2D eigenvalue weighted by atomic mass is 79.9. The molecule has 0 atom stereocenters. The Morgan fingerprint density at radius 1 is 1.20 bits per heavy atom. The molecule has 0 fully saturated rings. The highest BCUT2D eigenvalue weighted by molar-refractivity contribution is 9.14. The highest BCUT2D eigenvalue weighted by Gasteiger charge is 2.05. The average molecular weight is 334 g/mol. The zero-order chi connectivity index (χ0) is 14.4. The van der Waals surface area contributed by atoms with Gasteiger partial charge in [0.05, 0.1) is 5.35 Å². The molecule has 0 unspecified atom stereocenters. The molecule has 0 spiro atoms. The first kappa shape index (κ1) is 14.9. The van der Waals surface area contributed by atoms with Crippen molar-refractivity contribution in [3.05, 3.63) is 47.0 Å². The molecule has 1 heterocycles. The molecule has 0 saturated carbocycles. The van der Waals surface area contributed by atoms with Crippen molar-refractivity contribution in [3.8, 4) is 11.6 Å². The van der Waals surface area contributed by atoms with E-state index in [0.717, 1.165) is 22.7 Å². The summed E-state index contributed by atoms with van der Waals surface area (Å²) < 4.78 is 1.85. The van der Waals surface area contributed by atoms with Crippen LogP contribution >= 0.6 is 15.9 Å². The normalized spacial score (nSPS) is 13.1. The summed E-state index contributed by atoms with van der Waals surface area (Å²) in [5.41, 5.74) is 0.962. The van der Waals surface area contributed by atoms with Crippen molar-refractivity contribution in [3.63, 3.8) is 0 Å². The van der Waals surface area contributed by atoms with Gasteiger partial charge in [-0.15, -0.1) is 0 Å². The Bertz CT molecular complexity index is 658. The van der Waals surface area contributed by atoms with Crippen molar-refractivity contribution in [2.24, 2.45) is 0 Å². The predicted octanol–water partition coefficient (Wildman–Crippen LogP) is 3.68. The third-order valence-corrected chi connectivity index (χ3v) is 3.77. The molecule has 0 bridgehead atoms. The number of hydrogen-bond donors (Lipinski definition) is 1. The van der Waals surface area contributed by atoms with E-state index < -0.39 is 0 Å². The number of para-hydroxylation sites is 1. The zero-order valence-corrected chi connectivity index (χ0v) is 13.3. The molecule has 0 amide bonds. The summed E-state index contributed by atoms with van der Waals surface area (Å²) in [6, 6.07) is 11.7. The summed E-state index contributed by atoms with van der Waals surface area (Å²) in [6.45, 7) is 2.20. The molecule has 0 saturated heterocycles. The lowest BCUT2D eigenvalue weighted by Crippen LogP contribution is -2.27. The molecule has 3 heteroatoms. The SMILES string of the molecule is CCCCCC=c1cc(O)n(-c2ccccc2)c1=CBr. The minimum Gasteiger partial charge on any atom is -0.494 e. The van der Waals surface area contributed by atoms with E-state index in [-0.39, 0.29) is 5.88 Å². The molecule has 1 N–H and O–H groups in total. The van der Waals surface area contributed by atoms with Gasteiger partial charge in [0, 0.05) is 22.0 Å². The van der Waals surface area contributed by atoms with E-state index >= 15 is 0 Å². The summed E-state index contributed by atoms with van der Waals surface area (Å²) in [5, 5.41) is 12.2. The van der Waals surface area contributed by atoms with Crippen LogP contribution in [0.1, 0.15) is 32.6 Å². The Labute approximate surface area is 128 Å². The lowest BCUT2D eigenvalue weighted by molar-refractivity contribution is 0.441. The van der Waals surface area contributed by atoms with Crippen molar-refractivity contribution in [2.75, 3.05) is 0 Å². The fraction of sp³-hybridized carbons (Fsp3) is 0.294. The summed E-state index contributed by atoms with van der Waals surface area (Å²) in [7, 11) is 0. The second-order valence-electron chi connectivity index (χ2n) is 4.82. The third-order valence-electron chi connectivity index (χ3n) is 3.34. The van der Waals surface area contributed by atoms with Gasteiger partial charge in [-0.3, -0.25) is 4.57 Å². The quantitative estimate of drug-likeness (QED) is 0.829. The van der Waals surface area contributed by atoms with Crippen LogP contribution in [0, 0.1) is 0 Å². The van der Waals surface area contributed by atoms with Gasteiger partial charge in [0.2, 0.25) is 0 Å². The molecule has 0 aliphatic carbocycles.